The second-order valence-corrected chi connectivity index (χ2v) is 8.57. The molecule has 2 aliphatic heterocycles. The molecule has 6 nitrogen and oxygen atoms in total. The molecule has 2 heterocycles. The lowest BCUT2D eigenvalue weighted by Gasteiger charge is -2.29. The molecule has 5 atom stereocenters. The standard InChI is InChI=1S/C20H33N3O3/c1-4-21(5-2)19(24)18-16-11-22(12-17(16)18)15-7-13-9-23(10-14(13)8-15)20(25)26-6-3/h13-18H,4-12H2,1-3H3/t13?,14?,15?,16-,17+,18-. The van der Waals surface area contributed by atoms with Crippen LogP contribution in [0.2, 0.25) is 0 Å². The molecule has 2 unspecified atom stereocenters. The van der Waals surface area contributed by atoms with Crippen LogP contribution in [-0.2, 0) is 9.53 Å². The number of hydrogen-bond acceptors (Lipinski definition) is 4. The zero-order valence-electron chi connectivity index (χ0n) is 16.4. The Kier molecular flexibility index (Phi) is 4.88. The first kappa shape index (κ1) is 18.1. The summed E-state index contributed by atoms with van der Waals surface area (Å²) in [5.74, 6) is 3.15. The molecule has 0 aromatic rings. The molecule has 0 aromatic carbocycles. The van der Waals surface area contributed by atoms with Crippen molar-refractivity contribution in [2.45, 2.75) is 39.7 Å². The van der Waals surface area contributed by atoms with E-state index in [2.05, 4.69) is 18.7 Å². The maximum atomic E-state index is 12.6. The van der Waals surface area contributed by atoms with Crippen LogP contribution in [0.4, 0.5) is 4.79 Å². The second-order valence-electron chi connectivity index (χ2n) is 8.57. The Bertz CT molecular complexity index is 539. The maximum absolute atomic E-state index is 12.6. The Morgan fingerprint density at radius 2 is 1.54 bits per heavy atom. The summed E-state index contributed by atoms with van der Waals surface area (Å²) in [5, 5.41) is 0. The number of nitrogens with zero attached hydrogens (tertiary/aromatic N) is 3. The quantitative estimate of drug-likeness (QED) is 0.749. The number of carbonyl (C=O) groups is 2. The second kappa shape index (κ2) is 7.02. The molecular formula is C20H33N3O3. The third-order valence-corrected chi connectivity index (χ3v) is 7.35. The van der Waals surface area contributed by atoms with Crippen molar-refractivity contribution in [3.63, 3.8) is 0 Å². The van der Waals surface area contributed by atoms with Crippen LogP contribution in [0.25, 0.3) is 0 Å². The fourth-order valence-electron chi connectivity index (χ4n) is 5.90. The molecule has 2 aliphatic carbocycles. The lowest BCUT2D eigenvalue weighted by Crippen LogP contribution is -2.39. The van der Waals surface area contributed by atoms with Crippen molar-refractivity contribution in [2.75, 3.05) is 45.9 Å². The van der Waals surface area contributed by atoms with Gasteiger partial charge in [-0.2, -0.15) is 0 Å². The summed E-state index contributed by atoms with van der Waals surface area (Å²) in [6, 6.07) is 0.659. The normalized spacial score (nSPS) is 38.2. The Labute approximate surface area is 156 Å². The van der Waals surface area contributed by atoms with Gasteiger partial charge in [-0.25, -0.2) is 4.79 Å². The van der Waals surface area contributed by atoms with Crippen LogP contribution in [0.1, 0.15) is 33.6 Å². The molecule has 6 heteroatoms. The number of carbonyl (C=O) groups excluding carboxylic acids is 2. The van der Waals surface area contributed by atoms with E-state index in [1.807, 2.05) is 16.7 Å². The molecular weight excluding hydrogens is 330 g/mol. The molecule has 4 fully saturated rings. The molecule has 4 rings (SSSR count). The number of likely N-dealkylation sites (tertiary alicyclic amines) is 2. The van der Waals surface area contributed by atoms with Gasteiger partial charge in [0.15, 0.2) is 0 Å². The summed E-state index contributed by atoms with van der Waals surface area (Å²) in [7, 11) is 0. The monoisotopic (exact) mass is 363 g/mol. The molecule has 0 N–H and O–H groups in total. The van der Waals surface area contributed by atoms with Crippen molar-refractivity contribution in [1.29, 1.82) is 0 Å². The summed E-state index contributed by atoms with van der Waals surface area (Å²) in [4.78, 5) is 31.0. The summed E-state index contributed by atoms with van der Waals surface area (Å²) in [5.41, 5.74) is 0. The minimum absolute atomic E-state index is 0.140. The number of amides is 2. The van der Waals surface area contributed by atoms with Gasteiger partial charge >= 0.3 is 6.09 Å². The van der Waals surface area contributed by atoms with E-state index in [9.17, 15) is 9.59 Å². The van der Waals surface area contributed by atoms with Gasteiger partial charge in [-0.3, -0.25) is 9.69 Å². The van der Waals surface area contributed by atoms with E-state index in [1.165, 1.54) is 12.8 Å². The van der Waals surface area contributed by atoms with Crippen LogP contribution in [-0.4, -0.2) is 78.6 Å². The van der Waals surface area contributed by atoms with Crippen LogP contribution < -0.4 is 0 Å². The molecule has 2 amide bonds. The third-order valence-electron chi connectivity index (χ3n) is 7.35. The Morgan fingerprint density at radius 1 is 0.962 bits per heavy atom. The van der Waals surface area contributed by atoms with Crippen LogP contribution >= 0.6 is 0 Å². The van der Waals surface area contributed by atoms with E-state index in [-0.39, 0.29) is 6.09 Å². The number of ether oxygens (including phenoxy) is 1. The van der Waals surface area contributed by atoms with Crippen LogP contribution in [0.3, 0.4) is 0 Å². The van der Waals surface area contributed by atoms with Gasteiger partial charge in [-0.15, -0.1) is 0 Å². The largest absolute Gasteiger partial charge is 0.450 e. The molecule has 0 spiro atoms. The minimum Gasteiger partial charge on any atom is -0.450 e. The smallest absolute Gasteiger partial charge is 0.409 e. The number of rotatable bonds is 5. The lowest BCUT2D eigenvalue weighted by atomic mass is 10.0. The van der Waals surface area contributed by atoms with Gasteiger partial charge < -0.3 is 14.5 Å². The van der Waals surface area contributed by atoms with E-state index in [0.29, 0.717) is 48.1 Å². The van der Waals surface area contributed by atoms with Crippen LogP contribution in [0.15, 0.2) is 0 Å². The van der Waals surface area contributed by atoms with E-state index in [1.54, 1.807) is 0 Å². The van der Waals surface area contributed by atoms with E-state index >= 15 is 0 Å². The van der Waals surface area contributed by atoms with E-state index in [4.69, 9.17) is 4.74 Å². The third kappa shape index (κ3) is 3.00. The number of hydrogen-bond donors (Lipinski definition) is 0. The number of piperidine rings is 1. The van der Waals surface area contributed by atoms with Crippen molar-refractivity contribution in [3.05, 3.63) is 0 Å². The van der Waals surface area contributed by atoms with Gasteiger partial charge in [0.05, 0.1) is 6.61 Å². The molecule has 0 radical (unpaired) electrons. The van der Waals surface area contributed by atoms with Crippen LogP contribution in [0.5, 0.6) is 0 Å². The lowest BCUT2D eigenvalue weighted by molar-refractivity contribution is -0.133. The summed E-state index contributed by atoms with van der Waals surface area (Å²) in [6.45, 7) is 12.1. The van der Waals surface area contributed by atoms with E-state index < -0.39 is 0 Å². The molecule has 0 bridgehead atoms. The summed E-state index contributed by atoms with van der Waals surface area (Å²) < 4.78 is 5.15. The fourth-order valence-corrected chi connectivity index (χ4v) is 5.90. The molecule has 146 valence electrons. The van der Waals surface area contributed by atoms with E-state index in [0.717, 1.165) is 39.3 Å². The predicted molar refractivity (Wildman–Crippen MR) is 98.6 cm³/mol. The van der Waals surface area contributed by atoms with Crippen molar-refractivity contribution in [3.8, 4) is 0 Å². The highest BCUT2D eigenvalue weighted by atomic mass is 16.6. The fraction of sp³-hybridized carbons (Fsp3) is 0.900. The first-order chi connectivity index (χ1) is 12.6. The van der Waals surface area contributed by atoms with Gasteiger partial charge in [0.25, 0.3) is 0 Å². The van der Waals surface area contributed by atoms with Gasteiger partial charge in [0, 0.05) is 51.2 Å². The molecule has 0 aromatic heterocycles. The zero-order chi connectivity index (χ0) is 18.4. The topological polar surface area (TPSA) is 53.1 Å². The van der Waals surface area contributed by atoms with Gasteiger partial charge in [-0.05, 0) is 57.3 Å². The van der Waals surface area contributed by atoms with Crippen molar-refractivity contribution in [2.24, 2.45) is 29.6 Å². The highest BCUT2D eigenvalue weighted by Gasteiger charge is 2.61. The van der Waals surface area contributed by atoms with Gasteiger partial charge in [-0.1, -0.05) is 0 Å². The average Bonchev–Trinajstić information content (AvgIpc) is 3.01. The van der Waals surface area contributed by atoms with Gasteiger partial charge in [0.2, 0.25) is 5.91 Å². The van der Waals surface area contributed by atoms with Crippen LogP contribution in [0, 0.1) is 29.6 Å². The number of fused-ring (bicyclic) bond motifs is 2. The molecule has 2 saturated heterocycles. The first-order valence-electron chi connectivity index (χ1n) is 10.5. The van der Waals surface area contributed by atoms with Crippen molar-refractivity contribution < 1.29 is 14.3 Å². The molecule has 26 heavy (non-hydrogen) atoms. The SMILES string of the molecule is CCOC(=O)N1CC2CC(N3C[C@@H]4[C@H](C3)[C@@H]4C(=O)N(CC)CC)CC2C1. The Morgan fingerprint density at radius 3 is 2.04 bits per heavy atom. The minimum atomic E-state index is -0.140. The van der Waals surface area contributed by atoms with Gasteiger partial charge in [0.1, 0.15) is 0 Å². The Balaban J connectivity index is 1.25. The molecule has 4 aliphatic rings. The zero-order valence-corrected chi connectivity index (χ0v) is 16.4. The predicted octanol–water partition coefficient (Wildman–Crippen LogP) is 1.90. The molecule has 2 saturated carbocycles. The highest BCUT2D eigenvalue weighted by Crippen LogP contribution is 2.54. The highest BCUT2D eigenvalue weighted by molar-refractivity contribution is 5.82. The average molecular weight is 364 g/mol. The van der Waals surface area contributed by atoms with Crippen molar-refractivity contribution >= 4 is 12.0 Å². The summed E-state index contributed by atoms with van der Waals surface area (Å²) >= 11 is 0. The summed E-state index contributed by atoms with van der Waals surface area (Å²) in [6.07, 6.45) is 2.27. The maximum Gasteiger partial charge on any atom is 0.409 e. The van der Waals surface area contributed by atoms with Crippen molar-refractivity contribution in [1.82, 2.24) is 14.7 Å². The first-order valence-corrected chi connectivity index (χ1v) is 10.5. The Hall–Kier alpha value is -1.30.